The molecular weight excluding hydrogens is 234 g/mol. The van der Waals surface area contributed by atoms with E-state index in [1.54, 1.807) is 0 Å². The second-order valence-electron chi connectivity index (χ2n) is 4.85. The van der Waals surface area contributed by atoms with Crippen LogP contribution < -0.4 is 0 Å². The minimum Gasteiger partial charge on any atom is -0.294 e. The topological polar surface area (TPSA) is 40.9 Å². The van der Waals surface area contributed by atoms with E-state index in [2.05, 4.69) is 6.07 Å². The first-order valence-corrected chi connectivity index (χ1v) is 6.37. The monoisotopic (exact) mass is 247 g/mol. The van der Waals surface area contributed by atoms with Gasteiger partial charge in [-0.15, -0.1) is 0 Å². The lowest BCUT2D eigenvalue weighted by Crippen LogP contribution is -2.03. The molecule has 19 heavy (non-hydrogen) atoms. The molecule has 0 aliphatic heterocycles. The lowest BCUT2D eigenvalue weighted by molar-refractivity contribution is 0.0962. The number of benzene rings is 2. The summed E-state index contributed by atoms with van der Waals surface area (Å²) in [6, 6.07) is 21.3. The van der Waals surface area contributed by atoms with Crippen LogP contribution in [-0.2, 0) is 0 Å². The molecule has 0 spiro atoms. The van der Waals surface area contributed by atoms with Crippen LogP contribution >= 0.6 is 0 Å². The third-order valence-electron chi connectivity index (χ3n) is 3.71. The molecule has 2 nitrogen and oxygen atoms in total. The summed E-state index contributed by atoms with van der Waals surface area (Å²) >= 11 is 0. The van der Waals surface area contributed by atoms with Crippen LogP contribution in [0.3, 0.4) is 0 Å². The van der Waals surface area contributed by atoms with Gasteiger partial charge in [-0.2, -0.15) is 5.26 Å². The largest absolute Gasteiger partial charge is 0.294 e. The number of nitrogens with zero attached hydrogens (tertiary/aromatic N) is 1. The van der Waals surface area contributed by atoms with Crippen molar-refractivity contribution in [2.24, 2.45) is 11.8 Å². The quantitative estimate of drug-likeness (QED) is 0.780. The van der Waals surface area contributed by atoms with Gasteiger partial charge in [-0.1, -0.05) is 60.7 Å². The molecule has 2 aromatic carbocycles. The highest BCUT2D eigenvalue weighted by Crippen LogP contribution is 2.54. The third-order valence-corrected chi connectivity index (χ3v) is 3.71. The number of carbonyl (C=O) groups excluding carboxylic acids is 1. The van der Waals surface area contributed by atoms with Gasteiger partial charge in [0.25, 0.3) is 0 Å². The zero-order chi connectivity index (χ0) is 13.2. The van der Waals surface area contributed by atoms with Crippen LogP contribution in [0.4, 0.5) is 0 Å². The second-order valence-corrected chi connectivity index (χ2v) is 4.85. The van der Waals surface area contributed by atoms with Gasteiger partial charge < -0.3 is 0 Å². The first-order valence-electron chi connectivity index (χ1n) is 6.37. The van der Waals surface area contributed by atoms with Gasteiger partial charge in [0.1, 0.15) is 0 Å². The summed E-state index contributed by atoms with van der Waals surface area (Å²) in [5.74, 6) is -0.232. The van der Waals surface area contributed by atoms with Crippen molar-refractivity contribution in [1.29, 1.82) is 5.26 Å². The molecule has 0 amide bonds. The highest BCUT2D eigenvalue weighted by molar-refractivity contribution is 6.01. The van der Waals surface area contributed by atoms with Crippen molar-refractivity contribution in [3.63, 3.8) is 0 Å². The normalized spacial score (nSPS) is 24.5. The standard InChI is InChI=1S/C17H13NO/c18-11-14-15(12-7-3-1-4-8-12)16(14)17(19)13-9-5-2-6-10-13/h1-10,14-16H. The number of ketones is 1. The Morgan fingerprint density at radius 1 is 0.947 bits per heavy atom. The molecule has 1 aliphatic carbocycles. The predicted octanol–water partition coefficient (Wildman–Crippen LogP) is 3.42. The predicted molar refractivity (Wildman–Crippen MR) is 72.5 cm³/mol. The van der Waals surface area contributed by atoms with Gasteiger partial charge in [-0.3, -0.25) is 4.79 Å². The molecule has 0 N–H and O–H groups in total. The zero-order valence-electron chi connectivity index (χ0n) is 10.4. The highest BCUT2D eigenvalue weighted by Gasteiger charge is 2.55. The van der Waals surface area contributed by atoms with Gasteiger partial charge in [0, 0.05) is 17.4 Å². The molecule has 0 bridgehead atoms. The van der Waals surface area contributed by atoms with E-state index in [0.717, 1.165) is 5.56 Å². The molecule has 3 rings (SSSR count). The fourth-order valence-electron chi connectivity index (χ4n) is 2.68. The average molecular weight is 247 g/mol. The molecule has 0 heterocycles. The van der Waals surface area contributed by atoms with Crippen LogP contribution in [0, 0.1) is 23.2 Å². The molecule has 1 fully saturated rings. The van der Waals surface area contributed by atoms with E-state index >= 15 is 0 Å². The van der Waals surface area contributed by atoms with Crippen LogP contribution in [0.5, 0.6) is 0 Å². The highest BCUT2D eigenvalue weighted by atomic mass is 16.1. The van der Waals surface area contributed by atoms with Crippen LogP contribution in [-0.4, -0.2) is 5.78 Å². The van der Waals surface area contributed by atoms with Crippen LogP contribution in [0.2, 0.25) is 0 Å². The van der Waals surface area contributed by atoms with Crippen LogP contribution in [0.1, 0.15) is 21.8 Å². The lowest BCUT2D eigenvalue weighted by atomic mass is 10.0. The maximum atomic E-state index is 12.4. The van der Waals surface area contributed by atoms with Crippen molar-refractivity contribution >= 4 is 5.78 Å². The molecule has 0 saturated heterocycles. The molecule has 2 heteroatoms. The van der Waals surface area contributed by atoms with Crippen molar-refractivity contribution in [2.45, 2.75) is 5.92 Å². The maximum absolute atomic E-state index is 12.4. The minimum atomic E-state index is -0.185. The molecule has 0 aromatic heterocycles. The van der Waals surface area contributed by atoms with Gasteiger partial charge in [-0.25, -0.2) is 0 Å². The fraction of sp³-hybridized carbons (Fsp3) is 0.176. The van der Waals surface area contributed by atoms with E-state index in [0.29, 0.717) is 5.56 Å². The Balaban J connectivity index is 1.87. The zero-order valence-corrected chi connectivity index (χ0v) is 10.4. The van der Waals surface area contributed by atoms with Crippen LogP contribution in [0.15, 0.2) is 60.7 Å². The van der Waals surface area contributed by atoms with E-state index in [-0.39, 0.29) is 23.5 Å². The van der Waals surface area contributed by atoms with Gasteiger partial charge >= 0.3 is 0 Å². The number of Topliss-reactive ketones (excluding diaryl/α,β-unsaturated/α-hetero) is 1. The Hall–Kier alpha value is -2.40. The van der Waals surface area contributed by atoms with Gasteiger partial charge in [-0.05, 0) is 5.56 Å². The summed E-state index contributed by atoms with van der Waals surface area (Å²) in [4.78, 5) is 12.4. The number of carbonyl (C=O) groups is 1. The van der Waals surface area contributed by atoms with Crippen molar-refractivity contribution < 1.29 is 4.79 Å². The van der Waals surface area contributed by atoms with Crippen molar-refractivity contribution in [2.75, 3.05) is 0 Å². The molecule has 1 saturated carbocycles. The Morgan fingerprint density at radius 3 is 2.11 bits per heavy atom. The Kier molecular flexibility index (Phi) is 2.89. The minimum absolute atomic E-state index is 0.0545. The van der Waals surface area contributed by atoms with E-state index in [4.69, 9.17) is 0 Å². The third kappa shape index (κ3) is 2.04. The lowest BCUT2D eigenvalue weighted by Gasteiger charge is -2.00. The molecule has 3 atom stereocenters. The van der Waals surface area contributed by atoms with E-state index < -0.39 is 0 Å². The maximum Gasteiger partial charge on any atom is 0.167 e. The van der Waals surface area contributed by atoms with E-state index in [1.807, 2.05) is 60.7 Å². The molecular formula is C17H13NO. The first kappa shape index (κ1) is 11.7. The molecule has 0 radical (unpaired) electrons. The summed E-state index contributed by atoms with van der Waals surface area (Å²) in [7, 11) is 0. The smallest absolute Gasteiger partial charge is 0.167 e. The summed E-state index contributed by atoms with van der Waals surface area (Å²) in [6.07, 6.45) is 0. The van der Waals surface area contributed by atoms with Crippen molar-refractivity contribution in [1.82, 2.24) is 0 Å². The molecule has 92 valence electrons. The molecule has 1 aliphatic rings. The Bertz CT molecular complexity index is 627. The Labute approximate surface area is 112 Å². The molecule has 3 unspecified atom stereocenters. The van der Waals surface area contributed by atoms with Crippen molar-refractivity contribution in [3.05, 3.63) is 71.8 Å². The fourth-order valence-corrected chi connectivity index (χ4v) is 2.68. The summed E-state index contributed by atoms with van der Waals surface area (Å²) in [5, 5.41) is 9.20. The van der Waals surface area contributed by atoms with Crippen molar-refractivity contribution in [3.8, 4) is 6.07 Å². The number of rotatable bonds is 3. The van der Waals surface area contributed by atoms with E-state index in [9.17, 15) is 10.1 Å². The number of hydrogen-bond acceptors (Lipinski definition) is 2. The summed E-state index contributed by atoms with van der Waals surface area (Å²) < 4.78 is 0. The van der Waals surface area contributed by atoms with Gasteiger partial charge in [0.05, 0.1) is 12.0 Å². The van der Waals surface area contributed by atoms with E-state index in [1.165, 1.54) is 0 Å². The second kappa shape index (κ2) is 4.70. The van der Waals surface area contributed by atoms with Gasteiger partial charge in [0.2, 0.25) is 0 Å². The first-order chi connectivity index (χ1) is 9.33. The SMILES string of the molecule is N#CC1C(C(=O)c2ccccc2)C1c1ccccc1. The Morgan fingerprint density at radius 2 is 1.53 bits per heavy atom. The summed E-state index contributed by atoms with van der Waals surface area (Å²) in [5.41, 5.74) is 1.79. The van der Waals surface area contributed by atoms with Gasteiger partial charge in [0.15, 0.2) is 5.78 Å². The van der Waals surface area contributed by atoms with Crippen LogP contribution in [0.25, 0.3) is 0 Å². The summed E-state index contributed by atoms with van der Waals surface area (Å²) in [6.45, 7) is 0. The number of nitriles is 1. The average Bonchev–Trinajstić information content (AvgIpc) is 3.22. The molecule has 2 aromatic rings. The number of hydrogen-bond donors (Lipinski definition) is 0.